The summed E-state index contributed by atoms with van der Waals surface area (Å²) in [7, 11) is 0. The van der Waals surface area contributed by atoms with Crippen LogP contribution in [0, 0.1) is 0 Å². The molecule has 0 saturated carbocycles. The molecule has 1 unspecified atom stereocenters. The molecule has 0 radical (unpaired) electrons. The van der Waals surface area contributed by atoms with Crippen molar-refractivity contribution >= 4 is 76.3 Å². The fourth-order valence-electron chi connectivity index (χ4n) is 13.1. The number of hydrogen-bond acceptors (Lipinski definition) is 0. The van der Waals surface area contributed by atoms with E-state index in [4.69, 9.17) is 0 Å². The van der Waals surface area contributed by atoms with Gasteiger partial charge in [-0.15, -0.1) is 0 Å². The Hall–Kier alpha value is -9.62. The Morgan fingerprint density at radius 1 is 0.289 bits per heavy atom. The summed E-state index contributed by atoms with van der Waals surface area (Å²) in [4.78, 5) is 0. The minimum absolute atomic E-state index is 0.240. The van der Waals surface area contributed by atoms with Gasteiger partial charge in [-0.2, -0.15) is 0 Å². The second-order valence-electron chi connectivity index (χ2n) is 21.1. The van der Waals surface area contributed by atoms with Crippen LogP contribution in [0.4, 0.5) is 0 Å². The van der Waals surface area contributed by atoms with Gasteiger partial charge in [-0.05, 0) is 178 Å². The predicted molar refractivity (Wildman–Crippen MR) is 325 cm³/mol. The molecule has 0 amide bonds. The summed E-state index contributed by atoms with van der Waals surface area (Å²) in [5.74, 6) is 0.240. The smallest absolute Gasteiger partial charge is 0.0276 e. The van der Waals surface area contributed by atoms with Gasteiger partial charge in [0.05, 0.1) is 0 Å². The van der Waals surface area contributed by atoms with Gasteiger partial charge in [0.15, 0.2) is 0 Å². The fourth-order valence-corrected chi connectivity index (χ4v) is 13.1. The molecule has 352 valence electrons. The van der Waals surface area contributed by atoms with Crippen LogP contribution in [0.5, 0.6) is 0 Å². The molecule has 16 rings (SSSR count). The average Bonchev–Trinajstić information content (AvgIpc) is 3.62. The maximum atomic E-state index is 2.48. The van der Waals surface area contributed by atoms with Gasteiger partial charge in [0.1, 0.15) is 0 Å². The van der Waals surface area contributed by atoms with Gasteiger partial charge in [0, 0.05) is 5.92 Å². The van der Waals surface area contributed by atoms with E-state index in [1.807, 2.05) is 0 Å². The average molecular weight is 961 g/mol. The third kappa shape index (κ3) is 6.84. The summed E-state index contributed by atoms with van der Waals surface area (Å²) in [5.41, 5.74) is 21.7. The lowest BCUT2D eigenvalue weighted by molar-refractivity contribution is 1.08. The second kappa shape index (κ2) is 17.0. The van der Waals surface area contributed by atoms with Crippen LogP contribution in [0.3, 0.4) is 0 Å². The molecule has 0 spiro atoms. The van der Waals surface area contributed by atoms with Crippen LogP contribution < -0.4 is 0 Å². The Morgan fingerprint density at radius 3 is 1.38 bits per heavy atom. The molecule has 0 nitrogen and oxygen atoms in total. The van der Waals surface area contributed by atoms with Crippen LogP contribution in [0.1, 0.15) is 28.2 Å². The molecule has 0 heterocycles. The predicted octanol–water partition coefficient (Wildman–Crippen LogP) is 20.8. The molecule has 0 heteroatoms. The van der Waals surface area contributed by atoms with Crippen molar-refractivity contribution in [2.75, 3.05) is 0 Å². The normalized spacial score (nSPS) is 13.9. The van der Waals surface area contributed by atoms with Crippen molar-refractivity contribution in [2.24, 2.45) is 0 Å². The van der Waals surface area contributed by atoms with Crippen molar-refractivity contribution in [2.45, 2.75) is 12.3 Å². The maximum Gasteiger partial charge on any atom is 0.0276 e. The van der Waals surface area contributed by atoms with Gasteiger partial charge >= 0.3 is 0 Å². The molecular formula is C76H48. The highest BCUT2D eigenvalue weighted by Gasteiger charge is 2.28. The number of fused-ring (bicyclic) bond motifs is 2. The van der Waals surface area contributed by atoms with Gasteiger partial charge < -0.3 is 0 Å². The summed E-state index contributed by atoms with van der Waals surface area (Å²) in [6.45, 7) is 0. The van der Waals surface area contributed by atoms with Crippen molar-refractivity contribution in [3.8, 4) is 66.8 Å². The van der Waals surface area contributed by atoms with E-state index in [9.17, 15) is 0 Å². The van der Waals surface area contributed by atoms with Crippen molar-refractivity contribution in [3.63, 3.8) is 0 Å². The minimum atomic E-state index is 0.240. The van der Waals surface area contributed by atoms with E-state index in [0.29, 0.717) is 0 Å². The third-order valence-corrected chi connectivity index (χ3v) is 16.9. The maximum absolute atomic E-state index is 2.48. The van der Waals surface area contributed by atoms with Crippen LogP contribution in [-0.4, -0.2) is 0 Å². The molecule has 2 aliphatic rings. The molecule has 0 bridgehead atoms. The third-order valence-electron chi connectivity index (χ3n) is 16.9. The molecule has 1 atom stereocenters. The summed E-state index contributed by atoms with van der Waals surface area (Å²) in [5, 5.41) is 15.6. The van der Waals surface area contributed by atoms with E-state index in [0.717, 1.165) is 6.42 Å². The van der Waals surface area contributed by atoms with Crippen molar-refractivity contribution < 1.29 is 0 Å². The SMILES string of the molecule is C1=CC(c2ccc3ccccc3c2)C2=CCc3ccc(-c4ccc(-c5ccc(-c6ccc(-c7ccc8ccc9c(-c%10cccc(-c%11ccc%12ccccc%12c%11)c%10)ccc%10ccc7c8c%109)cc6)cc5)cc4)c4ccc1c2c34. The summed E-state index contributed by atoms with van der Waals surface area (Å²) in [6, 6.07) is 95.4. The van der Waals surface area contributed by atoms with Gasteiger partial charge in [0.25, 0.3) is 0 Å². The van der Waals surface area contributed by atoms with E-state index in [1.165, 1.54) is 159 Å². The lowest BCUT2D eigenvalue weighted by atomic mass is 9.74. The Morgan fingerprint density at radius 2 is 0.750 bits per heavy atom. The summed E-state index contributed by atoms with van der Waals surface area (Å²) in [6.07, 6.45) is 8.18. The summed E-state index contributed by atoms with van der Waals surface area (Å²) < 4.78 is 0. The van der Waals surface area contributed by atoms with Crippen molar-refractivity contribution in [1.82, 2.24) is 0 Å². The Kier molecular flexibility index (Phi) is 9.56. The number of rotatable bonds is 7. The quantitative estimate of drug-likeness (QED) is 0.140. The van der Waals surface area contributed by atoms with Crippen molar-refractivity contribution in [3.05, 3.63) is 289 Å². The highest BCUT2D eigenvalue weighted by atomic mass is 14.3. The first-order chi connectivity index (χ1) is 37.6. The molecular weight excluding hydrogens is 913 g/mol. The zero-order valence-corrected chi connectivity index (χ0v) is 41.8. The van der Waals surface area contributed by atoms with Crippen LogP contribution >= 0.6 is 0 Å². The lowest BCUT2D eigenvalue weighted by Crippen LogP contribution is -2.10. The highest BCUT2D eigenvalue weighted by molar-refractivity contribution is 6.27. The first-order valence-corrected chi connectivity index (χ1v) is 26.7. The highest BCUT2D eigenvalue weighted by Crippen LogP contribution is 2.49. The van der Waals surface area contributed by atoms with E-state index in [1.54, 1.807) is 0 Å². The molecule has 0 saturated heterocycles. The monoisotopic (exact) mass is 960 g/mol. The molecule has 0 aromatic heterocycles. The topological polar surface area (TPSA) is 0 Å². The van der Waals surface area contributed by atoms with E-state index < -0.39 is 0 Å². The number of hydrogen-bond donors (Lipinski definition) is 0. The Bertz CT molecular complexity index is 4740. The molecule has 2 aliphatic carbocycles. The molecule has 0 aliphatic heterocycles. The van der Waals surface area contributed by atoms with Gasteiger partial charge in [-0.25, -0.2) is 0 Å². The van der Waals surface area contributed by atoms with E-state index >= 15 is 0 Å². The van der Waals surface area contributed by atoms with Gasteiger partial charge in [-0.3, -0.25) is 0 Å². The molecule has 14 aromatic rings. The van der Waals surface area contributed by atoms with E-state index in [-0.39, 0.29) is 5.92 Å². The first kappa shape index (κ1) is 42.8. The van der Waals surface area contributed by atoms with E-state index in [2.05, 4.69) is 273 Å². The van der Waals surface area contributed by atoms with Crippen LogP contribution in [-0.2, 0) is 6.42 Å². The van der Waals surface area contributed by atoms with Crippen LogP contribution in [0.25, 0.3) is 143 Å². The lowest BCUT2D eigenvalue weighted by Gasteiger charge is -2.30. The fraction of sp³-hybridized carbons (Fsp3) is 0.0263. The van der Waals surface area contributed by atoms with Crippen molar-refractivity contribution in [1.29, 1.82) is 0 Å². The second-order valence-corrected chi connectivity index (χ2v) is 21.1. The molecule has 14 aromatic carbocycles. The number of benzene rings is 14. The molecule has 76 heavy (non-hydrogen) atoms. The summed E-state index contributed by atoms with van der Waals surface area (Å²) >= 11 is 0. The Labute approximate surface area is 442 Å². The standard InChI is InChI=1S/C76H48/c1-3-8-59-44-62(26-20-47(59)6-1)61-10-5-11-63(46-61)67-38-30-57-32-40-69-65(36-28-55-34-42-71(67)75(57)73(55)69)53-22-16-51(17-23-53)49-12-14-50(15-13-49)52-18-24-54(25-19-52)66-37-29-56-35-43-72-68(39-31-58-33-41-70(66)74(56)76(58)72)64-27-21-48-7-2-4-9-60(48)45-64/h1-34,36-46,68H,35H2. The zero-order valence-electron chi connectivity index (χ0n) is 41.8. The van der Waals surface area contributed by atoms with Crippen LogP contribution in [0.2, 0.25) is 0 Å². The largest absolute Gasteiger partial charge is 0.0753 e. The van der Waals surface area contributed by atoms with Gasteiger partial charge in [-0.1, -0.05) is 261 Å². The molecule has 0 fully saturated rings. The van der Waals surface area contributed by atoms with Crippen LogP contribution in [0.15, 0.2) is 267 Å². The minimum Gasteiger partial charge on any atom is -0.0753 e. The van der Waals surface area contributed by atoms with Gasteiger partial charge in [0.2, 0.25) is 0 Å². The number of allylic oxidation sites excluding steroid dienone is 3. The first-order valence-electron chi connectivity index (χ1n) is 26.7. The zero-order chi connectivity index (χ0) is 49.8. The Balaban J connectivity index is 0.668. The molecule has 0 N–H and O–H groups in total.